The molecule has 0 saturated heterocycles. The number of carbonyl (C=O) groups is 1. The third-order valence-corrected chi connectivity index (χ3v) is 2.65. The number of amides is 1. The monoisotopic (exact) mass is 268 g/mol. The van der Waals surface area contributed by atoms with E-state index in [1.807, 2.05) is 6.07 Å². The first-order valence-electron chi connectivity index (χ1n) is 5.86. The van der Waals surface area contributed by atoms with Gasteiger partial charge in [0.2, 0.25) is 11.7 Å². The Morgan fingerprint density at radius 2 is 1.84 bits per heavy atom. The molecule has 1 atom stereocenters. The molecule has 1 amide bonds. The fraction of sp³-hybridized carbons (Fsp3) is 0.462. The van der Waals surface area contributed by atoms with Gasteiger partial charge < -0.3 is 25.3 Å². The summed E-state index contributed by atoms with van der Waals surface area (Å²) in [6.45, 7) is 1.94. The van der Waals surface area contributed by atoms with Gasteiger partial charge in [-0.2, -0.15) is 0 Å². The summed E-state index contributed by atoms with van der Waals surface area (Å²) >= 11 is 0. The summed E-state index contributed by atoms with van der Waals surface area (Å²) in [6.07, 6.45) is 0. The molecule has 0 spiro atoms. The lowest BCUT2D eigenvalue weighted by Crippen LogP contribution is -2.37. The molecular formula is C13H20N2O4. The van der Waals surface area contributed by atoms with Crippen molar-refractivity contribution in [1.29, 1.82) is 0 Å². The van der Waals surface area contributed by atoms with Crippen molar-refractivity contribution in [3.05, 3.63) is 17.7 Å². The van der Waals surface area contributed by atoms with E-state index >= 15 is 0 Å². The zero-order chi connectivity index (χ0) is 14.4. The number of carbonyl (C=O) groups excluding carboxylic acids is 1. The van der Waals surface area contributed by atoms with Gasteiger partial charge in [0.05, 0.1) is 27.4 Å². The summed E-state index contributed by atoms with van der Waals surface area (Å²) in [5.74, 6) is 1.38. The van der Waals surface area contributed by atoms with Crippen molar-refractivity contribution < 1.29 is 19.0 Å². The van der Waals surface area contributed by atoms with Gasteiger partial charge in [-0.05, 0) is 19.1 Å². The van der Waals surface area contributed by atoms with E-state index in [0.717, 1.165) is 5.56 Å². The van der Waals surface area contributed by atoms with Gasteiger partial charge in [-0.15, -0.1) is 0 Å². The molecule has 0 aliphatic rings. The summed E-state index contributed by atoms with van der Waals surface area (Å²) < 4.78 is 15.8. The van der Waals surface area contributed by atoms with Crippen LogP contribution in [-0.4, -0.2) is 33.3 Å². The minimum Gasteiger partial charge on any atom is -0.493 e. The highest BCUT2D eigenvalue weighted by Crippen LogP contribution is 2.39. The number of nitrogens with one attached hydrogen (secondary N) is 1. The minimum absolute atomic E-state index is 0.225. The summed E-state index contributed by atoms with van der Waals surface area (Å²) in [5, 5.41) is 2.72. The largest absolute Gasteiger partial charge is 0.493 e. The van der Waals surface area contributed by atoms with Crippen molar-refractivity contribution in [2.75, 3.05) is 21.3 Å². The molecule has 6 nitrogen and oxygen atoms in total. The normalized spacial score (nSPS) is 11.6. The molecule has 1 aromatic carbocycles. The van der Waals surface area contributed by atoms with Crippen LogP contribution in [0.4, 0.5) is 0 Å². The standard InChI is InChI=1S/C13H20N2O4/c1-8(14)13(16)15-7-9-5-6-10(17-2)12(19-4)11(9)18-3/h5-6,8H,7,14H2,1-4H3,(H,15,16)/t8-/m0/s1. The molecule has 0 bridgehead atoms. The molecule has 0 saturated carbocycles. The first-order chi connectivity index (χ1) is 9.04. The molecule has 0 unspecified atom stereocenters. The molecule has 0 heterocycles. The average Bonchev–Trinajstić information content (AvgIpc) is 2.42. The Morgan fingerprint density at radius 3 is 2.32 bits per heavy atom. The Labute approximate surface area is 112 Å². The quantitative estimate of drug-likeness (QED) is 0.792. The van der Waals surface area contributed by atoms with Crippen LogP contribution in [0.2, 0.25) is 0 Å². The van der Waals surface area contributed by atoms with E-state index in [0.29, 0.717) is 23.8 Å². The van der Waals surface area contributed by atoms with E-state index in [4.69, 9.17) is 19.9 Å². The predicted octanol–water partition coefficient (Wildman–Crippen LogP) is 0.676. The summed E-state index contributed by atoms with van der Waals surface area (Å²) in [5.41, 5.74) is 6.27. The molecule has 106 valence electrons. The Bertz CT molecular complexity index is 447. The molecule has 3 N–H and O–H groups in total. The second-order valence-corrected chi connectivity index (χ2v) is 4.00. The number of ether oxygens (including phenoxy) is 3. The van der Waals surface area contributed by atoms with Gasteiger partial charge in [-0.3, -0.25) is 4.79 Å². The van der Waals surface area contributed by atoms with Crippen LogP contribution >= 0.6 is 0 Å². The van der Waals surface area contributed by atoms with Gasteiger partial charge in [-0.25, -0.2) is 0 Å². The predicted molar refractivity (Wildman–Crippen MR) is 71.6 cm³/mol. The second-order valence-electron chi connectivity index (χ2n) is 4.00. The number of rotatable bonds is 6. The van der Waals surface area contributed by atoms with E-state index in [9.17, 15) is 4.79 Å². The number of nitrogens with two attached hydrogens (primary N) is 1. The summed E-state index contributed by atoms with van der Waals surface area (Å²) in [6, 6.07) is 3.02. The highest BCUT2D eigenvalue weighted by atomic mass is 16.5. The molecule has 0 aromatic heterocycles. The maximum Gasteiger partial charge on any atom is 0.236 e. The topological polar surface area (TPSA) is 82.8 Å². The van der Waals surface area contributed by atoms with Crippen LogP contribution in [0.25, 0.3) is 0 Å². The lowest BCUT2D eigenvalue weighted by atomic mass is 10.1. The first kappa shape index (κ1) is 15.1. The molecule has 0 fully saturated rings. The fourth-order valence-corrected chi connectivity index (χ4v) is 1.65. The zero-order valence-corrected chi connectivity index (χ0v) is 11.6. The van der Waals surface area contributed by atoms with E-state index in [-0.39, 0.29) is 5.91 Å². The zero-order valence-electron chi connectivity index (χ0n) is 11.6. The Hall–Kier alpha value is -1.95. The molecule has 0 aliphatic carbocycles. The maximum atomic E-state index is 11.5. The van der Waals surface area contributed by atoms with Crippen LogP contribution in [-0.2, 0) is 11.3 Å². The minimum atomic E-state index is -0.550. The van der Waals surface area contributed by atoms with E-state index < -0.39 is 6.04 Å². The average molecular weight is 268 g/mol. The third kappa shape index (κ3) is 3.51. The highest BCUT2D eigenvalue weighted by Gasteiger charge is 2.16. The molecule has 6 heteroatoms. The Kier molecular flexibility index (Phi) is 5.44. The number of methoxy groups -OCH3 is 3. The van der Waals surface area contributed by atoms with E-state index in [1.54, 1.807) is 20.1 Å². The van der Waals surface area contributed by atoms with E-state index in [2.05, 4.69) is 5.32 Å². The van der Waals surface area contributed by atoms with Crippen molar-refractivity contribution in [3.8, 4) is 17.2 Å². The lowest BCUT2D eigenvalue weighted by Gasteiger charge is -2.16. The van der Waals surface area contributed by atoms with Gasteiger partial charge in [0.25, 0.3) is 0 Å². The van der Waals surface area contributed by atoms with Crippen molar-refractivity contribution in [2.45, 2.75) is 19.5 Å². The first-order valence-corrected chi connectivity index (χ1v) is 5.86. The molecule has 0 aliphatic heterocycles. The molecule has 1 rings (SSSR count). The Balaban J connectivity index is 2.98. The van der Waals surface area contributed by atoms with Crippen LogP contribution < -0.4 is 25.3 Å². The fourth-order valence-electron chi connectivity index (χ4n) is 1.65. The van der Waals surface area contributed by atoms with Crippen molar-refractivity contribution >= 4 is 5.91 Å². The van der Waals surface area contributed by atoms with Gasteiger partial charge >= 0.3 is 0 Å². The molecule has 19 heavy (non-hydrogen) atoms. The maximum absolute atomic E-state index is 11.5. The SMILES string of the molecule is COc1ccc(CNC(=O)[C@H](C)N)c(OC)c1OC. The molecule has 0 radical (unpaired) electrons. The smallest absolute Gasteiger partial charge is 0.236 e. The van der Waals surface area contributed by atoms with Gasteiger partial charge in [0.15, 0.2) is 11.5 Å². The Morgan fingerprint density at radius 1 is 1.21 bits per heavy atom. The number of hydrogen-bond donors (Lipinski definition) is 2. The van der Waals surface area contributed by atoms with Gasteiger partial charge in [-0.1, -0.05) is 0 Å². The number of benzene rings is 1. The third-order valence-electron chi connectivity index (χ3n) is 2.65. The van der Waals surface area contributed by atoms with Crippen LogP contribution in [0.3, 0.4) is 0 Å². The summed E-state index contributed by atoms with van der Waals surface area (Å²) in [7, 11) is 4.62. The van der Waals surface area contributed by atoms with Crippen LogP contribution in [0, 0.1) is 0 Å². The molecule has 1 aromatic rings. The van der Waals surface area contributed by atoms with Crippen LogP contribution in [0.1, 0.15) is 12.5 Å². The van der Waals surface area contributed by atoms with Crippen molar-refractivity contribution in [2.24, 2.45) is 5.73 Å². The number of hydrogen-bond acceptors (Lipinski definition) is 5. The second kappa shape index (κ2) is 6.84. The highest BCUT2D eigenvalue weighted by molar-refractivity contribution is 5.81. The van der Waals surface area contributed by atoms with Crippen molar-refractivity contribution in [1.82, 2.24) is 5.32 Å². The summed E-state index contributed by atoms with van der Waals surface area (Å²) in [4.78, 5) is 11.5. The van der Waals surface area contributed by atoms with Crippen molar-refractivity contribution in [3.63, 3.8) is 0 Å². The van der Waals surface area contributed by atoms with Gasteiger partial charge in [0, 0.05) is 12.1 Å². The lowest BCUT2D eigenvalue weighted by molar-refractivity contribution is -0.122. The van der Waals surface area contributed by atoms with Crippen LogP contribution in [0.15, 0.2) is 12.1 Å². The van der Waals surface area contributed by atoms with Gasteiger partial charge in [0.1, 0.15) is 0 Å². The van der Waals surface area contributed by atoms with E-state index in [1.165, 1.54) is 14.2 Å². The van der Waals surface area contributed by atoms with Crippen LogP contribution in [0.5, 0.6) is 17.2 Å². The molecular weight excluding hydrogens is 248 g/mol.